The normalized spacial score (nSPS) is 11.9. The maximum atomic E-state index is 4.64. The molecule has 0 saturated heterocycles. The van der Waals surface area contributed by atoms with Crippen LogP contribution in [0.25, 0.3) is 11.3 Å². The first kappa shape index (κ1) is 18.4. The van der Waals surface area contributed by atoms with E-state index in [-0.39, 0.29) is 0 Å². The van der Waals surface area contributed by atoms with Gasteiger partial charge < -0.3 is 5.32 Å². The predicted molar refractivity (Wildman–Crippen MR) is 99.2 cm³/mol. The van der Waals surface area contributed by atoms with E-state index in [1.165, 1.54) is 0 Å². The third-order valence-corrected chi connectivity index (χ3v) is 4.16. The lowest BCUT2D eigenvalue weighted by molar-refractivity contribution is 0.182. The topological polar surface area (TPSA) is 69.7 Å². The molecule has 0 aliphatic carbocycles. The second-order valence-corrected chi connectivity index (χ2v) is 6.97. The lowest BCUT2D eigenvalue weighted by atomic mass is 10.0. The summed E-state index contributed by atoms with van der Waals surface area (Å²) in [5.74, 6) is 1.04. The highest BCUT2D eigenvalue weighted by Crippen LogP contribution is 2.25. The van der Waals surface area contributed by atoms with Gasteiger partial charge in [-0.1, -0.05) is 13.8 Å². The standard InChI is InChI=1S/C18H30N6/c1-12(2)17-15(11-21-23-17)16-7-8-19-18(22-16)20-9-10-24(13(3)4)14(5)6/h7-8,11-14H,9-10H2,1-6H3,(H,21,23)(H,19,20,22). The number of aromatic nitrogens is 4. The van der Waals surface area contributed by atoms with Gasteiger partial charge in [-0.05, 0) is 39.7 Å². The van der Waals surface area contributed by atoms with Gasteiger partial charge in [0.15, 0.2) is 0 Å². The zero-order valence-electron chi connectivity index (χ0n) is 15.7. The molecule has 0 aromatic carbocycles. The Balaban J connectivity index is 2.04. The number of anilines is 1. The summed E-state index contributed by atoms with van der Waals surface area (Å²) in [6.45, 7) is 15.0. The largest absolute Gasteiger partial charge is 0.353 e. The second-order valence-electron chi connectivity index (χ2n) is 6.97. The van der Waals surface area contributed by atoms with Crippen molar-refractivity contribution in [3.8, 4) is 11.3 Å². The average molecular weight is 330 g/mol. The Hall–Kier alpha value is -1.95. The van der Waals surface area contributed by atoms with Gasteiger partial charge in [-0.3, -0.25) is 10.00 Å². The van der Waals surface area contributed by atoms with Crippen molar-refractivity contribution in [2.24, 2.45) is 0 Å². The summed E-state index contributed by atoms with van der Waals surface area (Å²) in [5.41, 5.74) is 3.04. The number of hydrogen-bond acceptors (Lipinski definition) is 5. The summed E-state index contributed by atoms with van der Waals surface area (Å²) in [7, 11) is 0. The molecule has 132 valence electrons. The van der Waals surface area contributed by atoms with Gasteiger partial charge in [0.1, 0.15) is 0 Å². The van der Waals surface area contributed by atoms with Crippen LogP contribution in [0.3, 0.4) is 0 Å². The van der Waals surface area contributed by atoms with Crippen molar-refractivity contribution in [1.82, 2.24) is 25.1 Å². The molecule has 6 nitrogen and oxygen atoms in total. The summed E-state index contributed by atoms with van der Waals surface area (Å²) in [6, 6.07) is 2.98. The average Bonchev–Trinajstić information content (AvgIpc) is 3.01. The molecular formula is C18H30N6. The second kappa shape index (κ2) is 8.24. The number of nitrogens with one attached hydrogen (secondary N) is 2. The van der Waals surface area contributed by atoms with Gasteiger partial charge >= 0.3 is 0 Å². The van der Waals surface area contributed by atoms with Crippen LogP contribution < -0.4 is 5.32 Å². The van der Waals surface area contributed by atoms with E-state index in [0.717, 1.165) is 30.0 Å². The number of nitrogens with zero attached hydrogens (tertiary/aromatic N) is 4. The molecule has 0 spiro atoms. The molecule has 0 bridgehead atoms. The molecule has 2 rings (SSSR count). The minimum absolute atomic E-state index is 0.375. The van der Waals surface area contributed by atoms with Crippen molar-refractivity contribution in [3.05, 3.63) is 24.2 Å². The van der Waals surface area contributed by atoms with Gasteiger partial charge in [0.25, 0.3) is 0 Å². The van der Waals surface area contributed by atoms with E-state index in [2.05, 4.69) is 71.9 Å². The summed E-state index contributed by atoms with van der Waals surface area (Å²) >= 11 is 0. The molecule has 0 aliphatic rings. The zero-order chi connectivity index (χ0) is 17.7. The summed E-state index contributed by atoms with van der Waals surface area (Å²) in [4.78, 5) is 11.4. The third-order valence-electron chi connectivity index (χ3n) is 4.16. The predicted octanol–water partition coefficient (Wildman–Crippen LogP) is 3.52. The van der Waals surface area contributed by atoms with Crippen molar-refractivity contribution < 1.29 is 0 Å². The Morgan fingerprint density at radius 3 is 2.46 bits per heavy atom. The van der Waals surface area contributed by atoms with Crippen LogP contribution in [0.15, 0.2) is 18.5 Å². The van der Waals surface area contributed by atoms with Crippen molar-refractivity contribution in [1.29, 1.82) is 0 Å². The SMILES string of the molecule is CC(C)c1[nH]ncc1-c1ccnc(NCCN(C(C)C)C(C)C)n1. The van der Waals surface area contributed by atoms with Crippen LogP contribution in [0.4, 0.5) is 5.95 Å². The number of hydrogen-bond donors (Lipinski definition) is 2. The van der Waals surface area contributed by atoms with E-state index in [9.17, 15) is 0 Å². The van der Waals surface area contributed by atoms with Gasteiger partial charge in [0, 0.05) is 42.6 Å². The number of rotatable bonds is 8. The van der Waals surface area contributed by atoms with Gasteiger partial charge in [-0.25, -0.2) is 9.97 Å². The van der Waals surface area contributed by atoms with Crippen molar-refractivity contribution in [2.75, 3.05) is 18.4 Å². The maximum Gasteiger partial charge on any atom is 0.223 e. The fourth-order valence-corrected chi connectivity index (χ4v) is 2.94. The van der Waals surface area contributed by atoms with Crippen LogP contribution in [0.5, 0.6) is 0 Å². The zero-order valence-corrected chi connectivity index (χ0v) is 15.7. The Labute approximate surface area is 145 Å². The smallest absolute Gasteiger partial charge is 0.223 e. The van der Waals surface area contributed by atoms with Crippen LogP contribution >= 0.6 is 0 Å². The quantitative estimate of drug-likeness (QED) is 0.775. The Morgan fingerprint density at radius 2 is 1.83 bits per heavy atom. The first-order valence-electron chi connectivity index (χ1n) is 8.76. The van der Waals surface area contributed by atoms with Gasteiger partial charge in [-0.15, -0.1) is 0 Å². The van der Waals surface area contributed by atoms with Crippen LogP contribution in [0, 0.1) is 0 Å². The molecule has 2 heterocycles. The van der Waals surface area contributed by atoms with Crippen LogP contribution in [-0.2, 0) is 0 Å². The Morgan fingerprint density at radius 1 is 1.12 bits per heavy atom. The lowest BCUT2D eigenvalue weighted by Crippen LogP contribution is -2.40. The highest BCUT2D eigenvalue weighted by atomic mass is 15.2. The van der Waals surface area contributed by atoms with E-state index in [4.69, 9.17) is 0 Å². The highest BCUT2D eigenvalue weighted by Gasteiger charge is 2.14. The number of aromatic amines is 1. The Bertz CT molecular complexity index is 624. The fraction of sp³-hybridized carbons (Fsp3) is 0.611. The summed E-state index contributed by atoms with van der Waals surface area (Å²) < 4.78 is 0. The van der Waals surface area contributed by atoms with E-state index < -0.39 is 0 Å². The minimum atomic E-state index is 0.375. The first-order valence-corrected chi connectivity index (χ1v) is 8.76. The third kappa shape index (κ3) is 4.54. The monoisotopic (exact) mass is 330 g/mol. The summed E-state index contributed by atoms with van der Waals surface area (Å²) in [5, 5.41) is 10.6. The Kier molecular flexibility index (Phi) is 6.31. The molecule has 0 fully saturated rings. The van der Waals surface area contributed by atoms with Crippen LogP contribution in [0.2, 0.25) is 0 Å². The van der Waals surface area contributed by atoms with Gasteiger partial charge in [-0.2, -0.15) is 5.10 Å². The molecule has 24 heavy (non-hydrogen) atoms. The molecule has 2 N–H and O–H groups in total. The molecule has 0 amide bonds. The van der Waals surface area contributed by atoms with E-state index in [0.29, 0.717) is 23.9 Å². The van der Waals surface area contributed by atoms with Crippen molar-refractivity contribution in [3.63, 3.8) is 0 Å². The molecule has 0 unspecified atom stereocenters. The molecule has 0 atom stereocenters. The first-order chi connectivity index (χ1) is 11.4. The van der Waals surface area contributed by atoms with E-state index in [1.54, 1.807) is 6.20 Å². The van der Waals surface area contributed by atoms with Gasteiger partial charge in [0.2, 0.25) is 5.95 Å². The van der Waals surface area contributed by atoms with Crippen LogP contribution in [-0.4, -0.2) is 50.2 Å². The summed E-state index contributed by atoms with van der Waals surface area (Å²) in [6.07, 6.45) is 3.63. The minimum Gasteiger partial charge on any atom is -0.353 e. The molecule has 0 aliphatic heterocycles. The molecule has 6 heteroatoms. The number of H-pyrrole nitrogens is 1. The lowest BCUT2D eigenvalue weighted by Gasteiger charge is -2.30. The molecule has 2 aromatic rings. The van der Waals surface area contributed by atoms with Crippen molar-refractivity contribution in [2.45, 2.75) is 59.5 Å². The van der Waals surface area contributed by atoms with E-state index >= 15 is 0 Å². The molecular weight excluding hydrogens is 300 g/mol. The molecule has 0 radical (unpaired) electrons. The molecule has 0 saturated carbocycles. The van der Waals surface area contributed by atoms with Crippen molar-refractivity contribution >= 4 is 5.95 Å². The van der Waals surface area contributed by atoms with E-state index in [1.807, 2.05) is 12.3 Å². The van der Waals surface area contributed by atoms with Gasteiger partial charge in [0.05, 0.1) is 11.9 Å². The molecule has 2 aromatic heterocycles. The fourth-order valence-electron chi connectivity index (χ4n) is 2.94. The maximum absolute atomic E-state index is 4.64. The van der Waals surface area contributed by atoms with Crippen LogP contribution in [0.1, 0.15) is 53.2 Å². The highest BCUT2D eigenvalue weighted by molar-refractivity contribution is 5.62.